The van der Waals surface area contributed by atoms with E-state index in [0.29, 0.717) is 12.6 Å². The normalized spacial score (nSPS) is 16.2. The Hall–Kier alpha value is -1.39. The summed E-state index contributed by atoms with van der Waals surface area (Å²) in [6, 6.07) is 4.73. The lowest BCUT2D eigenvalue weighted by Gasteiger charge is -2.31. The van der Waals surface area contributed by atoms with Gasteiger partial charge in [-0.2, -0.15) is 0 Å². The quantitative estimate of drug-likeness (QED) is 0.893. The number of carbonyl (C=O) groups is 1. The van der Waals surface area contributed by atoms with E-state index in [-0.39, 0.29) is 5.91 Å². The molecular formula is C17H27N3O. The summed E-state index contributed by atoms with van der Waals surface area (Å²) in [4.78, 5) is 14.5. The van der Waals surface area contributed by atoms with Gasteiger partial charge in [0, 0.05) is 11.7 Å². The molecule has 0 atom stereocenters. The Kier molecular flexibility index (Phi) is 5.37. The fourth-order valence-electron chi connectivity index (χ4n) is 3.16. The molecule has 1 aliphatic rings. The Bertz CT molecular complexity index is 484. The maximum absolute atomic E-state index is 12.3. The van der Waals surface area contributed by atoms with Gasteiger partial charge in [0.05, 0.1) is 6.54 Å². The van der Waals surface area contributed by atoms with Crippen molar-refractivity contribution in [2.75, 3.05) is 32.0 Å². The number of likely N-dealkylation sites (N-methyl/N-ethyl adjacent to an activating group) is 1. The molecule has 0 radical (unpaired) electrons. The largest absolute Gasteiger partial charge is 0.324 e. The number of carbonyl (C=O) groups excluding carboxylic acids is 1. The van der Waals surface area contributed by atoms with E-state index in [2.05, 4.69) is 34.6 Å². The second-order valence-corrected chi connectivity index (χ2v) is 6.22. The zero-order chi connectivity index (χ0) is 15.4. The molecule has 116 valence electrons. The van der Waals surface area contributed by atoms with Crippen LogP contribution in [0.5, 0.6) is 0 Å². The summed E-state index contributed by atoms with van der Waals surface area (Å²) in [5.41, 5.74) is 4.45. The summed E-state index contributed by atoms with van der Waals surface area (Å²) in [5.74, 6) is 0.0751. The molecule has 1 fully saturated rings. The van der Waals surface area contributed by atoms with Gasteiger partial charge in [-0.15, -0.1) is 0 Å². The number of rotatable bonds is 4. The molecule has 4 nitrogen and oxygen atoms in total. The Morgan fingerprint density at radius 2 is 1.81 bits per heavy atom. The number of anilines is 1. The zero-order valence-electron chi connectivity index (χ0n) is 13.6. The van der Waals surface area contributed by atoms with Crippen molar-refractivity contribution in [1.82, 2.24) is 10.2 Å². The van der Waals surface area contributed by atoms with Gasteiger partial charge in [0.25, 0.3) is 0 Å². The minimum absolute atomic E-state index is 0.0751. The van der Waals surface area contributed by atoms with E-state index >= 15 is 0 Å². The number of nitrogens with zero attached hydrogens (tertiary/aromatic N) is 1. The molecule has 4 heteroatoms. The summed E-state index contributed by atoms with van der Waals surface area (Å²) in [6.07, 6.45) is 2.23. The number of amides is 1. The van der Waals surface area contributed by atoms with Gasteiger partial charge in [-0.25, -0.2) is 0 Å². The van der Waals surface area contributed by atoms with Gasteiger partial charge in [-0.3, -0.25) is 9.69 Å². The smallest absolute Gasteiger partial charge is 0.238 e. The molecule has 1 heterocycles. The lowest BCUT2D eigenvalue weighted by molar-refractivity contribution is -0.117. The maximum Gasteiger partial charge on any atom is 0.238 e. The SMILES string of the molecule is Cc1cc(C)c(NC(=O)CN(C)C2CCNCC2)c(C)c1. The maximum atomic E-state index is 12.3. The molecule has 1 aromatic rings. The monoisotopic (exact) mass is 289 g/mol. The first kappa shape index (κ1) is 16.0. The molecule has 2 rings (SSSR count). The predicted molar refractivity (Wildman–Crippen MR) is 87.8 cm³/mol. The number of aryl methyl sites for hydroxylation is 3. The molecule has 2 N–H and O–H groups in total. The molecule has 0 spiro atoms. The van der Waals surface area contributed by atoms with Crippen LogP contribution in [0.25, 0.3) is 0 Å². The third-order valence-electron chi connectivity index (χ3n) is 4.27. The van der Waals surface area contributed by atoms with E-state index in [1.54, 1.807) is 0 Å². The van der Waals surface area contributed by atoms with Gasteiger partial charge >= 0.3 is 0 Å². The molecule has 1 amide bonds. The molecule has 1 saturated heterocycles. The van der Waals surface area contributed by atoms with Crippen LogP contribution in [0.15, 0.2) is 12.1 Å². The van der Waals surface area contributed by atoms with Crippen LogP contribution in [0.3, 0.4) is 0 Å². The van der Waals surface area contributed by atoms with Crippen LogP contribution in [-0.4, -0.2) is 43.5 Å². The van der Waals surface area contributed by atoms with Gasteiger partial charge < -0.3 is 10.6 Å². The van der Waals surface area contributed by atoms with E-state index < -0.39 is 0 Å². The fourth-order valence-corrected chi connectivity index (χ4v) is 3.16. The van der Waals surface area contributed by atoms with Crippen molar-refractivity contribution in [1.29, 1.82) is 0 Å². The van der Waals surface area contributed by atoms with E-state index in [1.807, 2.05) is 20.9 Å². The summed E-state index contributed by atoms with van der Waals surface area (Å²) < 4.78 is 0. The van der Waals surface area contributed by atoms with Crippen LogP contribution in [0.2, 0.25) is 0 Å². The number of hydrogen-bond donors (Lipinski definition) is 2. The molecule has 1 aromatic carbocycles. The second-order valence-electron chi connectivity index (χ2n) is 6.22. The Morgan fingerprint density at radius 1 is 1.24 bits per heavy atom. The van der Waals surface area contributed by atoms with E-state index in [9.17, 15) is 4.79 Å². The highest BCUT2D eigenvalue weighted by atomic mass is 16.2. The summed E-state index contributed by atoms with van der Waals surface area (Å²) >= 11 is 0. The fraction of sp³-hybridized carbons (Fsp3) is 0.588. The third kappa shape index (κ3) is 4.29. The molecule has 1 aliphatic heterocycles. The summed E-state index contributed by atoms with van der Waals surface area (Å²) in [7, 11) is 2.05. The number of piperidine rings is 1. The first-order valence-electron chi connectivity index (χ1n) is 7.76. The van der Waals surface area contributed by atoms with Gasteiger partial charge in [-0.05, 0) is 64.9 Å². The topological polar surface area (TPSA) is 44.4 Å². The zero-order valence-corrected chi connectivity index (χ0v) is 13.6. The lowest BCUT2D eigenvalue weighted by Crippen LogP contribution is -2.44. The predicted octanol–water partition coefficient (Wildman–Crippen LogP) is 2.23. The highest BCUT2D eigenvalue weighted by molar-refractivity contribution is 5.93. The molecule has 0 aliphatic carbocycles. The van der Waals surface area contributed by atoms with Gasteiger partial charge in [-0.1, -0.05) is 17.7 Å². The lowest BCUT2D eigenvalue weighted by atomic mass is 10.0. The second kappa shape index (κ2) is 7.05. The summed E-state index contributed by atoms with van der Waals surface area (Å²) in [5, 5.41) is 6.44. The van der Waals surface area contributed by atoms with Crippen LogP contribution in [0.4, 0.5) is 5.69 Å². The molecule has 0 saturated carbocycles. The van der Waals surface area contributed by atoms with E-state index in [4.69, 9.17) is 0 Å². The average molecular weight is 289 g/mol. The van der Waals surface area contributed by atoms with Gasteiger partial charge in [0.15, 0.2) is 0 Å². The number of nitrogens with one attached hydrogen (secondary N) is 2. The van der Waals surface area contributed by atoms with Crippen molar-refractivity contribution in [2.24, 2.45) is 0 Å². The van der Waals surface area contributed by atoms with Crippen LogP contribution in [0.1, 0.15) is 29.5 Å². The van der Waals surface area contributed by atoms with Gasteiger partial charge in [0.1, 0.15) is 0 Å². The van der Waals surface area contributed by atoms with Crippen molar-refractivity contribution >= 4 is 11.6 Å². The van der Waals surface area contributed by atoms with Crippen molar-refractivity contribution < 1.29 is 4.79 Å². The van der Waals surface area contributed by atoms with Crippen LogP contribution < -0.4 is 10.6 Å². The van der Waals surface area contributed by atoms with Crippen molar-refractivity contribution in [3.05, 3.63) is 28.8 Å². The summed E-state index contributed by atoms with van der Waals surface area (Å²) in [6.45, 7) is 8.73. The Labute approximate surface area is 127 Å². The van der Waals surface area contributed by atoms with Gasteiger partial charge in [0.2, 0.25) is 5.91 Å². The molecular weight excluding hydrogens is 262 g/mol. The first-order chi connectivity index (χ1) is 9.97. The molecule has 0 bridgehead atoms. The minimum Gasteiger partial charge on any atom is -0.324 e. The highest BCUT2D eigenvalue weighted by Crippen LogP contribution is 2.22. The van der Waals surface area contributed by atoms with E-state index in [0.717, 1.165) is 42.7 Å². The van der Waals surface area contributed by atoms with Crippen molar-refractivity contribution in [3.8, 4) is 0 Å². The van der Waals surface area contributed by atoms with E-state index in [1.165, 1.54) is 5.56 Å². The van der Waals surface area contributed by atoms with Crippen molar-refractivity contribution in [3.63, 3.8) is 0 Å². The highest BCUT2D eigenvalue weighted by Gasteiger charge is 2.20. The Morgan fingerprint density at radius 3 is 2.38 bits per heavy atom. The minimum atomic E-state index is 0.0751. The Balaban J connectivity index is 1.95. The van der Waals surface area contributed by atoms with Crippen molar-refractivity contribution in [2.45, 2.75) is 39.7 Å². The standard InChI is InChI=1S/C17H27N3O/c1-12-9-13(2)17(14(3)10-12)19-16(21)11-20(4)15-5-7-18-8-6-15/h9-10,15,18H,5-8,11H2,1-4H3,(H,19,21). The molecule has 21 heavy (non-hydrogen) atoms. The van der Waals surface area contributed by atoms with Crippen LogP contribution in [0, 0.1) is 20.8 Å². The molecule has 0 aromatic heterocycles. The number of hydrogen-bond acceptors (Lipinski definition) is 3. The first-order valence-corrected chi connectivity index (χ1v) is 7.76. The van der Waals surface area contributed by atoms with Crippen LogP contribution in [-0.2, 0) is 4.79 Å². The van der Waals surface area contributed by atoms with Crippen LogP contribution >= 0.6 is 0 Å². The number of benzene rings is 1. The molecule has 0 unspecified atom stereocenters. The third-order valence-corrected chi connectivity index (χ3v) is 4.27. The average Bonchev–Trinajstić information content (AvgIpc) is 2.43.